The molecular formula is C18H22O4. The summed E-state index contributed by atoms with van der Waals surface area (Å²) >= 11 is 0. The standard InChI is InChI=1S/C18H22O4/c1-13(19)18(11-14-7-9-15(18)10-8-14)12-21-17(20)22-16-5-3-2-4-6-16/h2-6,14-15H,7-12H2,1H3. The summed E-state index contributed by atoms with van der Waals surface area (Å²) in [6.07, 6.45) is 4.67. The number of para-hydroxylation sites is 1. The Kier molecular flexibility index (Phi) is 4.19. The van der Waals surface area contributed by atoms with Crippen LogP contribution >= 0.6 is 0 Å². The first-order valence-corrected chi connectivity index (χ1v) is 8.01. The zero-order chi connectivity index (χ0) is 15.6. The van der Waals surface area contributed by atoms with E-state index in [2.05, 4.69) is 0 Å². The number of rotatable bonds is 4. The van der Waals surface area contributed by atoms with Crippen LogP contribution in [0.2, 0.25) is 0 Å². The molecule has 1 atom stereocenters. The summed E-state index contributed by atoms with van der Waals surface area (Å²) in [6.45, 7) is 1.78. The van der Waals surface area contributed by atoms with E-state index in [1.165, 1.54) is 12.8 Å². The number of carbonyl (C=O) groups excluding carboxylic acids is 2. The fourth-order valence-corrected chi connectivity index (χ4v) is 4.11. The monoisotopic (exact) mass is 302 g/mol. The van der Waals surface area contributed by atoms with Crippen molar-refractivity contribution in [2.45, 2.75) is 39.0 Å². The molecule has 118 valence electrons. The largest absolute Gasteiger partial charge is 0.513 e. The lowest BCUT2D eigenvalue weighted by atomic mass is 9.55. The number of fused-ring (bicyclic) bond motifs is 3. The molecule has 3 fully saturated rings. The van der Waals surface area contributed by atoms with Crippen molar-refractivity contribution in [2.24, 2.45) is 17.3 Å². The van der Waals surface area contributed by atoms with E-state index < -0.39 is 11.6 Å². The smallest absolute Gasteiger partial charge is 0.433 e. The van der Waals surface area contributed by atoms with Gasteiger partial charge in [-0.05, 0) is 50.2 Å². The predicted molar refractivity (Wildman–Crippen MR) is 81.6 cm³/mol. The van der Waals surface area contributed by atoms with Crippen molar-refractivity contribution < 1.29 is 19.1 Å². The average molecular weight is 302 g/mol. The Bertz CT molecular complexity index is 545. The Labute approximate surface area is 130 Å². The number of hydrogen-bond donors (Lipinski definition) is 0. The minimum absolute atomic E-state index is 0.148. The van der Waals surface area contributed by atoms with Crippen LogP contribution in [-0.4, -0.2) is 18.5 Å². The SMILES string of the molecule is CC(=O)C1(COC(=O)Oc2ccccc2)CC2CCC1CC2. The molecule has 4 nitrogen and oxygen atoms in total. The highest BCUT2D eigenvalue weighted by Gasteiger charge is 2.51. The summed E-state index contributed by atoms with van der Waals surface area (Å²) < 4.78 is 10.5. The fraction of sp³-hybridized carbons (Fsp3) is 0.556. The van der Waals surface area contributed by atoms with Crippen molar-refractivity contribution in [1.29, 1.82) is 0 Å². The van der Waals surface area contributed by atoms with Crippen molar-refractivity contribution in [3.8, 4) is 5.75 Å². The lowest BCUT2D eigenvalue weighted by Crippen LogP contribution is -2.49. The van der Waals surface area contributed by atoms with Crippen LogP contribution in [0.25, 0.3) is 0 Å². The minimum Gasteiger partial charge on any atom is -0.433 e. The van der Waals surface area contributed by atoms with Crippen molar-refractivity contribution in [2.75, 3.05) is 6.61 Å². The molecular weight excluding hydrogens is 280 g/mol. The van der Waals surface area contributed by atoms with Gasteiger partial charge in [0, 0.05) is 0 Å². The molecule has 4 rings (SSSR count). The van der Waals surface area contributed by atoms with Crippen molar-refractivity contribution in [3.63, 3.8) is 0 Å². The fourth-order valence-electron chi connectivity index (χ4n) is 4.11. The zero-order valence-electron chi connectivity index (χ0n) is 12.9. The Hall–Kier alpha value is -1.84. The van der Waals surface area contributed by atoms with Crippen LogP contribution in [0.5, 0.6) is 5.75 Å². The Morgan fingerprint density at radius 2 is 1.82 bits per heavy atom. The van der Waals surface area contributed by atoms with Crippen molar-refractivity contribution in [3.05, 3.63) is 30.3 Å². The maximum atomic E-state index is 12.2. The van der Waals surface area contributed by atoms with E-state index in [4.69, 9.17) is 9.47 Å². The Morgan fingerprint density at radius 1 is 1.14 bits per heavy atom. The molecule has 22 heavy (non-hydrogen) atoms. The molecule has 0 aromatic heterocycles. The van der Waals surface area contributed by atoms with E-state index in [9.17, 15) is 9.59 Å². The summed E-state index contributed by atoms with van der Waals surface area (Å²) in [6, 6.07) is 8.83. The third-order valence-corrected chi connectivity index (χ3v) is 5.37. The molecule has 4 heteroatoms. The van der Waals surface area contributed by atoms with E-state index in [1.54, 1.807) is 31.2 Å². The van der Waals surface area contributed by atoms with Crippen LogP contribution in [0.4, 0.5) is 4.79 Å². The number of ketones is 1. The molecule has 1 aromatic carbocycles. The van der Waals surface area contributed by atoms with Crippen molar-refractivity contribution in [1.82, 2.24) is 0 Å². The van der Waals surface area contributed by atoms with Crippen LogP contribution in [0.15, 0.2) is 30.3 Å². The number of ether oxygens (including phenoxy) is 2. The van der Waals surface area contributed by atoms with Gasteiger partial charge in [-0.15, -0.1) is 0 Å². The molecule has 0 N–H and O–H groups in total. The number of carbonyl (C=O) groups is 2. The second-order valence-corrected chi connectivity index (χ2v) is 6.59. The highest BCUT2D eigenvalue weighted by atomic mass is 16.7. The van der Waals surface area contributed by atoms with Gasteiger partial charge < -0.3 is 9.47 Å². The molecule has 0 amide bonds. The highest BCUT2D eigenvalue weighted by molar-refractivity contribution is 5.83. The molecule has 2 bridgehead atoms. The van der Waals surface area contributed by atoms with Crippen LogP contribution in [0.1, 0.15) is 39.0 Å². The lowest BCUT2D eigenvalue weighted by molar-refractivity contribution is -0.142. The summed E-state index contributed by atoms with van der Waals surface area (Å²) in [5.41, 5.74) is -0.489. The van der Waals surface area contributed by atoms with Crippen LogP contribution in [0.3, 0.4) is 0 Å². The minimum atomic E-state index is -0.728. The predicted octanol–water partition coefficient (Wildman–Crippen LogP) is 3.99. The first-order chi connectivity index (χ1) is 10.6. The number of benzene rings is 1. The molecule has 3 aliphatic carbocycles. The van der Waals surface area contributed by atoms with Crippen LogP contribution in [0, 0.1) is 17.3 Å². The van der Waals surface area contributed by atoms with E-state index in [0.717, 1.165) is 19.3 Å². The topological polar surface area (TPSA) is 52.6 Å². The average Bonchev–Trinajstić information content (AvgIpc) is 2.55. The van der Waals surface area contributed by atoms with Gasteiger partial charge in [0.2, 0.25) is 0 Å². The quantitative estimate of drug-likeness (QED) is 0.623. The van der Waals surface area contributed by atoms with Crippen LogP contribution in [-0.2, 0) is 9.53 Å². The first-order valence-electron chi connectivity index (χ1n) is 8.01. The van der Waals surface area contributed by atoms with Crippen molar-refractivity contribution >= 4 is 11.9 Å². The maximum Gasteiger partial charge on any atom is 0.513 e. The van der Waals surface area contributed by atoms with E-state index in [-0.39, 0.29) is 12.4 Å². The molecule has 0 radical (unpaired) electrons. The Morgan fingerprint density at radius 3 is 2.36 bits per heavy atom. The van der Waals surface area contributed by atoms with Gasteiger partial charge in [-0.25, -0.2) is 4.79 Å². The van der Waals surface area contributed by atoms with E-state index in [0.29, 0.717) is 17.6 Å². The van der Waals surface area contributed by atoms with Gasteiger partial charge in [-0.2, -0.15) is 0 Å². The number of Topliss-reactive ketones (excluding diaryl/α,β-unsaturated/α-hetero) is 1. The van der Waals surface area contributed by atoms with Gasteiger partial charge in [0.1, 0.15) is 18.1 Å². The summed E-state index contributed by atoms with van der Waals surface area (Å²) in [4.78, 5) is 24.1. The summed E-state index contributed by atoms with van der Waals surface area (Å²) in [5.74, 6) is 1.55. The molecule has 1 aromatic rings. The van der Waals surface area contributed by atoms with Gasteiger partial charge in [-0.1, -0.05) is 31.0 Å². The van der Waals surface area contributed by atoms with Gasteiger partial charge >= 0.3 is 6.16 Å². The normalized spacial score (nSPS) is 29.9. The molecule has 0 saturated heterocycles. The Balaban J connectivity index is 1.63. The molecule has 3 aliphatic rings. The summed E-state index contributed by atoms with van der Waals surface area (Å²) in [5, 5.41) is 0. The third-order valence-electron chi connectivity index (χ3n) is 5.37. The number of hydrogen-bond acceptors (Lipinski definition) is 4. The van der Waals surface area contributed by atoms with Crippen LogP contribution < -0.4 is 4.74 Å². The lowest BCUT2D eigenvalue weighted by Gasteiger charge is -2.49. The van der Waals surface area contributed by atoms with Gasteiger partial charge in [0.05, 0.1) is 5.41 Å². The van der Waals surface area contributed by atoms with E-state index >= 15 is 0 Å². The van der Waals surface area contributed by atoms with E-state index in [1.807, 2.05) is 6.07 Å². The third kappa shape index (κ3) is 2.87. The summed E-state index contributed by atoms with van der Waals surface area (Å²) in [7, 11) is 0. The second kappa shape index (κ2) is 6.11. The molecule has 1 unspecified atom stereocenters. The second-order valence-electron chi connectivity index (χ2n) is 6.59. The highest BCUT2D eigenvalue weighted by Crippen LogP contribution is 2.53. The van der Waals surface area contributed by atoms with Gasteiger partial charge in [-0.3, -0.25) is 4.79 Å². The molecule has 0 aliphatic heterocycles. The maximum absolute atomic E-state index is 12.2. The van der Waals surface area contributed by atoms with Gasteiger partial charge in [0.25, 0.3) is 0 Å². The molecule has 0 heterocycles. The van der Waals surface area contributed by atoms with Gasteiger partial charge in [0.15, 0.2) is 0 Å². The first kappa shape index (κ1) is 15.1. The molecule has 0 spiro atoms. The zero-order valence-corrected chi connectivity index (χ0v) is 12.9. The molecule has 3 saturated carbocycles.